The molecule has 0 aliphatic carbocycles. The maximum absolute atomic E-state index is 12.3. The molecule has 1 N–H and O–H groups in total. The second kappa shape index (κ2) is 6.96. The Bertz CT molecular complexity index is 644. The number of nitrogens with one attached hydrogen (secondary N) is 1. The predicted molar refractivity (Wildman–Crippen MR) is 84.7 cm³/mol. The number of benzene rings is 1. The summed E-state index contributed by atoms with van der Waals surface area (Å²) in [5.41, 5.74) is 1.04. The lowest BCUT2D eigenvalue weighted by Gasteiger charge is -2.27. The first kappa shape index (κ1) is 16.4. The van der Waals surface area contributed by atoms with E-state index in [0.29, 0.717) is 39.4 Å². The first-order chi connectivity index (χ1) is 11.0. The van der Waals surface area contributed by atoms with E-state index in [1.54, 1.807) is 4.90 Å². The zero-order valence-corrected chi connectivity index (χ0v) is 13.7. The number of carbonyl (C=O) groups excluding carboxylic acids is 1. The van der Waals surface area contributed by atoms with Crippen molar-refractivity contribution < 1.29 is 17.9 Å². The van der Waals surface area contributed by atoms with Gasteiger partial charge in [0.2, 0.25) is 5.91 Å². The number of hydrogen-bond acceptors (Lipinski definition) is 4. The molecule has 2 fully saturated rings. The Hall–Kier alpha value is -1.48. The Kier molecular flexibility index (Phi) is 4.96. The van der Waals surface area contributed by atoms with Gasteiger partial charge >= 0.3 is 0 Å². The van der Waals surface area contributed by atoms with E-state index >= 15 is 0 Å². The van der Waals surface area contributed by atoms with Gasteiger partial charge in [0, 0.05) is 38.6 Å². The van der Waals surface area contributed by atoms with Crippen LogP contribution < -0.4 is 4.72 Å². The van der Waals surface area contributed by atoms with Crippen molar-refractivity contribution in [2.45, 2.75) is 19.0 Å². The Labute approximate surface area is 136 Å². The summed E-state index contributed by atoms with van der Waals surface area (Å²) in [4.78, 5) is 13.8. The van der Waals surface area contributed by atoms with Crippen molar-refractivity contribution in [3.8, 4) is 0 Å². The van der Waals surface area contributed by atoms with Gasteiger partial charge in [0.1, 0.15) is 0 Å². The number of carbonyl (C=O) groups is 1. The van der Waals surface area contributed by atoms with E-state index in [1.807, 2.05) is 30.3 Å². The Morgan fingerprint density at radius 3 is 2.57 bits per heavy atom. The number of morpholine rings is 1. The first-order valence-corrected chi connectivity index (χ1v) is 9.15. The van der Waals surface area contributed by atoms with Gasteiger partial charge in [0.15, 0.2) is 0 Å². The lowest BCUT2D eigenvalue weighted by molar-refractivity contribution is -0.128. The normalized spacial score (nSPS) is 23.4. The molecule has 0 saturated carbocycles. The molecular weight excluding hydrogens is 318 g/mol. The van der Waals surface area contributed by atoms with Crippen molar-refractivity contribution in [2.24, 2.45) is 0 Å². The van der Waals surface area contributed by atoms with E-state index < -0.39 is 10.2 Å². The van der Waals surface area contributed by atoms with Crippen molar-refractivity contribution in [3.63, 3.8) is 0 Å². The van der Waals surface area contributed by atoms with Crippen LogP contribution in [0.5, 0.6) is 0 Å². The highest BCUT2D eigenvalue weighted by molar-refractivity contribution is 7.87. The number of nitrogens with zero attached hydrogens (tertiary/aromatic N) is 2. The van der Waals surface area contributed by atoms with Crippen LogP contribution in [0.15, 0.2) is 30.3 Å². The standard InChI is InChI=1S/C15H21N3O4S/c19-15-10-14(12-17(15)11-13-4-2-1-3-5-13)16-23(20,21)18-6-8-22-9-7-18/h1-5,14,16H,6-12H2/t14-/m0/s1. The van der Waals surface area contributed by atoms with Gasteiger partial charge in [0.05, 0.1) is 13.2 Å². The van der Waals surface area contributed by atoms with E-state index in [-0.39, 0.29) is 18.4 Å². The Balaban J connectivity index is 1.59. The monoisotopic (exact) mass is 339 g/mol. The summed E-state index contributed by atoms with van der Waals surface area (Å²) >= 11 is 0. The van der Waals surface area contributed by atoms with Crippen LogP contribution in [0.3, 0.4) is 0 Å². The maximum atomic E-state index is 12.3. The van der Waals surface area contributed by atoms with Crippen molar-refractivity contribution >= 4 is 16.1 Å². The van der Waals surface area contributed by atoms with E-state index in [1.165, 1.54) is 4.31 Å². The highest BCUT2D eigenvalue weighted by atomic mass is 32.2. The smallest absolute Gasteiger partial charge is 0.279 e. The van der Waals surface area contributed by atoms with Gasteiger partial charge in [-0.15, -0.1) is 0 Å². The number of amides is 1. The summed E-state index contributed by atoms with van der Waals surface area (Å²) in [6.45, 7) is 2.43. The third-order valence-corrected chi connectivity index (χ3v) is 5.73. The lowest BCUT2D eigenvalue weighted by Crippen LogP contribution is -2.50. The zero-order valence-electron chi connectivity index (χ0n) is 12.8. The summed E-state index contributed by atoms with van der Waals surface area (Å²) in [6, 6.07) is 9.31. The highest BCUT2D eigenvalue weighted by Gasteiger charge is 2.34. The molecule has 23 heavy (non-hydrogen) atoms. The average Bonchev–Trinajstić information content (AvgIpc) is 2.88. The third-order valence-electron chi connectivity index (χ3n) is 4.06. The second-order valence-corrected chi connectivity index (χ2v) is 7.50. The molecule has 1 aromatic carbocycles. The molecule has 0 radical (unpaired) electrons. The van der Waals surface area contributed by atoms with Gasteiger partial charge in [-0.05, 0) is 5.56 Å². The molecule has 0 spiro atoms. The van der Waals surface area contributed by atoms with Gasteiger partial charge < -0.3 is 9.64 Å². The largest absolute Gasteiger partial charge is 0.379 e. The van der Waals surface area contributed by atoms with E-state index in [0.717, 1.165) is 5.56 Å². The molecule has 7 nitrogen and oxygen atoms in total. The van der Waals surface area contributed by atoms with Crippen LogP contribution >= 0.6 is 0 Å². The molecule has 2 heterocycles. The number of likely N-dealkylation sites (tertiary alicyclic amines) is 1. The quantitative estimate of drug-likeness (QED) is 0.816. The fourth-order valence-corrected chi connectivity index (χ4v) is 4.24. The first-order valence-electron chi connectivity index (χ1n) is 7.71. The van der Waals surface area contributed by atoms with Crippen LogP contribution in [-0.4, -0.2) is 62.4 Å². The molecular formula is C15H21N3O4S. The third kappa shape index (κ3) is 4.08. The summed E-state index contributed by atoms with van der Waals surface area (Å²) in [6.07, 6.45) is 0.205. The van der Waals surface area contributed by atoms with Crippen LogP contribution in [0.4, 0.5) is 0 Å². The Morgan fingerprint density at radius 2 is 1.87 bits per heavy atom. The lowest BCUT2D eigenvalue weighted by atomic mass is 10.2. The average molecular weight is 339 g/mol. The van der Waals surface area contributed by atoms with Gasteiger partial charge in [-0.25, -0.2) is 0 Å². The number of rotatable bonds is 5. The fraction of sp³-hybridized carbons (Fsp3) is 0.533. The van der Waals surface area contributed by atoms with Crippen molar-refractivity contribution in [1.82, 2.24) is 13.9 Å². The molecule has 0 aromatic heterocycles. The SMILES string of the molecule is O=C1C[C@H](NS(=O)(=O)N2CCOCC2)CN1Cc1ccccc1. The van der Waals surface area contributed by atoms with E-state index in [4.69, 9.17) is 4.74 Å². The van der Waals surface area contributed by atoms with Crippen LogP contribution in [0.25, 0.3) is 0 Å². The minimum atomic E-state index is -3.56. The van der Waals surface area contributed by atoms with Gasteiger partial charge in [-0.2, -0.15) is 17.4 Å². The maximum Gasteiger partial charge on any atom is 0.279 e. The van der Waals surface area contributed by atoms with E-state index in [9.17, 15) is 13.2 Å². The van der Waals surface area contributed by atoms with Crippen LogP contribution in [0.1, 0.15) is 12.0 Å². The predicted octanol–water partition coefficient (Wildman–Crippen LogP) is -0.0459. The molecule has 1 atom stereocenters. The van der Waals surface area contributed by atoms with Crippen LogP contribution in [-0.2, 0) is 26.3 Å². The molecule has 2 saturated heterocycles. The van der Waals surface area contributed by atoms with Gasteiger partial charge in [-0.3, -0.25) is 4.79 Å². The molecule has 2 aliphatic heterocycles. The minimum absolute atomic E-state index is 0.0245. The number of ether oxygens (including phenoxy) is 1. The van der Waals surface area contributed by atoms with Crippen LogP contribution in [0, 0.1) is 0 Å². The van der Waals surface area contributed by atoms with E-state index in [2.05, 4.69) is 4.72 Å². The van der Waals surface area contributed by atoms with Gasteiger partial charge in [-0.1, -0.05) is 30.3 Å². The summed E-state index contributed by atoms with van der Waals surface area (Å²) in [7, 11) is -3.56. The molecule has 126 valence electrons. The molecule has 0 unspecified atom stereocenters. The second-order valence-electron chi connectivity index (χ2n) is 5.80. The summed E-state index contributed by atoms with van der Waals surface area (Å²) in [5, 5.41) is 0. The molecule has 3 rings (SSSR count). The highest BCUT2D eigenvalue weighted by Crippen LogP contribution is 2.16. The Morgan fingerprint density at radius 1 is 1.17 bits per heavy atom. The fourth-order valence-electron chi connectivity index (χ4n) is 2.88. The summed E-state index contributed by atoms with van der Waals surface area (Å²) in [5.74, 6) is -0.0245. The minimum Gasteiger partial charge on any atom is -0.379 e. The molecule has 0 bridgehead atoms. The van der Waals surface area contributed by atoms with Crippen molar-refractivity contribution in [3.05, 3.63) is 35.9 Å². The van der Waals surface area contributed by atoms with Crippen LogP contribution in [0.2, 0.25) is 0 Å². The summed E-state index contributed by atoms with van der Waals surface area (Å²) < 4.78 is 33.9. The zero-order chi connectivity index (χ0) is 16.3. The molecule has 1 amide bonds. The number of hydrogen-bond donors (Lipinski definition) is 1. The van der Waals surface area contributed by atoms with Gasteiger partial charge in [0.25, 0.3) is 10.2 Å². The van der Waals surface area contributed by atoms with Crippen molar-refractivity contribution in [1.29, 1.82) is 0 Å². The molecule has 8 heteroatoms. The molecule has 2 aliphatic rings. The van der Waals surface area contributed by atoms with Crippen molar-refractivity contribution in [2.75, 3.05) is 32.8 Å². The molecule has 1 aromatic rings. The topological polar surface area (TPSA) is 79.0 Å².